The van der Waals surface area contributed by atoms with E-state index in [0.29, 0.717) is 18.3 Å². The van der Waals surface area contributed by atoms with Crippen LogP contribution in [0.4, 0.5) is 4.39 Å². The lowest BCUT2D eigenvalue weighted by atomic mass is 9.84. The average Bonchev–Trinajstić information content (AvgIpc) is 3.05. The summed E-state index contributed by atoms with van der Waals surface area (Å²) in [5, 5.41) is 6.75. The second-order valence-corrected chi connectivity index (χ2v) is 7.63. The van der Waals surface area contributed by atoms with Gasteiger partial charge < -0.3 is 10.6 Å². The van der Waals surface area contributed by atoms with E-state index in [1.54, 1.807) is 0 Å². The minimum atomic E-state index is -0.296. The third-order valence-electron chi connectivity index (χ3n) is 5.88. The lowest BCUT2D eigenvalue weighted by Gasteiger charge is -2.33. The van der Waals surface area contributed by atoms with E-state index in [-0.39, 0.29) is 17.3 Å². The Bertz CT molecular complexity index is 545. The normalized spacial score (nSPS) is 24.5. The highest BCUT2D eigenvalue weighted by atomic mass is 19.1. The lowest BCUT2D eigenvalue weighted by molar-refractivity contribution is -0.124. The summed E-state index contributed by atoms with van der Waals surface area (Å²) in [7, 11) is 0. The minimum Gasteiger partial charge on any atom is -0.347 e. The van der Waals surface area contributed by atoms with Crippen LogP contribution in [0.5, 0.6) is 0 Å². The van der Waals surface area contributed by atoms with Gasteiger partial charge in [-0.1, -0.05) is 31.9 Å². The Morgan fingerprint density at radius 2 is 2.00 bits per heavy atom. The zero-order valence-electron chi connectivity index (χ0n) is 14.6. The third kappa shape index (κ3) is 3.97. The highest BCUT2D eigenvalue weighted by Gasteiger charge is 2.37. The molecule has 1 aliphatic carbocycles. The van der Waals surface area contributed by atoms with E-state index in [0.717, 1.165) is 44.3 Å². The van der Waals surface area contributed by atoms with Gasteiger partial charge >= 0.3 is 0 Å². The van der Waals surface area contributed by atoms with Crippen LogP contribution >= 0.6 is 0 Å². The zero-order chi connectivity index (χ0) is 17.0. The van der Waals surface area contributed by atoms with E-state index < -0.39 is 0 Å². The van der Waals surface area contributed by atoms with Crippen LogP contribution in [0.2, 0.25) is 0 Å². The number of carbonyl (C=O) groups excluding carboxylic acids is 1. The fourth-order valence-corrected chi connectivity index (χ4v) is 4.37. The van der Waals surface area contributed by atoms with Gasteiger partial charge in [-0.25, -0.2) is 4.39 Å². The highest BCUT2D eigenvalue weighted by molar-refractivity contribution is 5.77. The molecule has 1 aromatic rings. The molecule has 0 radical (unpaired) electrons. The van der Waals surface area contributed by atoms with Crippen molar-refractivity contribution in [2.24, 2.45) is 11.8 Å². The van der Waals surface area contributed by atoms with Crippen molar-refractivity contribution in [1.82, 2.24) is 10.6 Å². The van der Waals surface area contributed by atoms with Crippen LogP contribution < -0.4 is 10.6 Å². The molecule has 1 amide bonds. The molecular formula is C20H29FN2O. The van der Waals surface area contributed by atoms with E-state index in [9.17, 15) is 9.18 Å². The summed E-state index contributed by atoms with van der Waals surface area (Å²) < 4.78 is 13.2. The highest BCUT2D eigenvalue weighted by Crippen LogP contribution is 2.39. The largest absolute Gasteiger partial charge is 0.347 e. The molecule has 2 atom stereocenters. The number of nitrogens with one attached hydrogen (secondary N) is 2. The van der Waals surface area contributed by atoms with Gasteiger partial charge in [0.1, 0.15) is 5.82 Å². The van der Waals surface area contributed by atoms with Crippen molar-refractivity contribution in [2.75, 3.05) is 13.1 Å². The number of benzene rings is 1. The summed E-state index contributed by atoms with van der Waals surface area (Å²) in [5.74, 6) is 0.898. The second-order valence-electron chi connectivity index (χ2n) is 7.63. The molecule has 1 saturated heterocycles. The smallest absolute Gasteiger partial charge is 0.220 e. The molecule has 0 spiro atoms. The minimum absolute atomic E-state index is 0.138. The second kappa shape index (κ2) is 7.64. The molecule has 2 fully saturated rings. The van der Waals surface area contributed by atoms with Gasteiger partial charge in [0.2, 0.25) is 5.91 Å². The van der Waals surface area contributed by atoms with Crippen molar-refractivity contribution < 1.29 is 9.18 Å². The molecule has 0 bridgehead atoms. The lowest BCUT2D eigenvalue weighted by Crippen LogP contribution is -2.45. The Hall–Kier alpha value is -1.42. The summed E-state index contributed by atoms with van der Waals surface area (Å²) in [6.45, 7) is 4.32. The SMILES string of the molecule is CC(CC(=O)NC1(c2ccc(F)cc2)CCCC1)C1CCCNC1. The van der Waals surface area contributed by atoms with Crippen molar-refractivity contribution in [3.05, 3.63) is 35.6 Å². The molecule has 3 rings (SSSR count). The van der Waals surface area contributed by atoms with Crippen LogP contribution in [0.3, 0.4) is 0 Å². The first kappa shape index (κ1) is 17.4. The Morgan fingerprint density at radius 3 is 2.62 bits per heavy atom. The number of amides is 1. The van der Waals surface area contributed by atoms with Gasteiger partial charge in [-0.15, -0.1) is 0 Å². The monoisotopic (exact) mass is 332 g/mol. The maximum absolute atomic E-state index is 13.2. The molecule has 1 aromatic carbocycles. The first-order valence-corrected chi connectivity index (χ1v) is 9.37. The van der Waals surface area contributed by atoms with E-state index in [1.165, 1.54) is 25.0 Å². The molecule has 24 heavy (non-hydrogen) atoms. The summed E-state index contributed by atoms with van der Waals surface area (Å²) in [6, 6.07) is 6.65. The van der Waals surface area contributed by atoms with Gasteiger partial charge in [-0.2, -0.15) is 0 Å². The zero-order valence-corrected chi connectivity index (χ0v) is 14.6. The molecule has 1 heterocycles. The third-order valence-corrected chi connectivity index (χ3v) is 5.88. The van der Waals surface area contributed by atoms with E-state index in [2.05, 4.69) is 17.6 Å². The standard InChI is InChI=1S/C20H29FN2O/c1-15(16-5-4-12-22-14-16)13-19(24)23-20(10-2-3-11-20)17-6-8-18(21)9-7-17/h6-9,15-16,22H,2-5,10-14H2,1H3,(H,23,24). The van der Waals surface area contributed by atoms with Crippen molar-refractivity contribution in [2.45, 2.75) is 57.4 Å². The van der Waals surface area contributed by atoms with E-state index in [4.69, 9.17) is 0 Å². The molecule has 132 valence electrons. The maximum Gasteiger partial charge on any atom is 0.220 e. The maximum atomic E-state index is 13.2. The summed E-state index contributed by atoms with van der Waals surface area (Å²) in [4.78, 5) is 12.7. The van der Waals surface area contributed by atoms with Crippen LogP contribution in [-0.4, -0.2) is 19.0 Å². The average molecular weight is 332 g/mol. The van der Waals surface area contributed by atoms with Crippen molar-refractivity contribution in [3.8, 4) is 0 Å². The first-order valence-electron chi connectivity index (χ1n) is 9.37. The first-order chi connectivity index (χ1) is 11.6. The van der Waals surface area contributed by atoms with Gasteiger partial charge in [-0.05, 0) is 68.3 Å². The van der Waals surface area contributed by atoms with Crippen LogP contribution in [-0.2, 0) is 10.3 Å². The molecule has 1 saturated carbocycles. The van der Waals surface area contributed by atoms with Gasteiger partial charge in [-0.3, -0.25) is 4.79 Å². The van der Waals surface area contributed by atoms with Crippen LogP contribution in [0, 0.1) is 17.7 Å². The van der Waals surface area contributed by atoms with Crippen molar-refractivity contribution in [3.63, 3.8) is 0 Å². The predicted molar refractivity (Wildman–Crippen MR) is 94.1 cm³/mol. The molecule has 0 aromatic heterocycles. The Labute approximate surface area is 144 Å². The number of halogens is 1. The van der Waals surface area contributed by atoms with Gasteiger partial charge in [0, 0.05) is 6.42 Å². The fourth-order valence-electron chi connectivity index (χ4n) is 4.37. The molecular weight excluding hydrogens is 303 g/mol. The van der Waals surface area contributed by atoms with Crippen LogP contribution in [0.1, 0.15) is 57.4 Å². The fraction of sp³-hybridized carbons (Fsp3) is 0.650. The molecule has 3 nitrogen and oxygen atoms in total. The molecule has 4 heteroatoms. The van der Waals surface area contributed by atoms with Crippen molar-refractivity contribution in [1.29, 1.82) is 0 Å². The van der Waals surface area contributed by atoms with E-state index >= 15 is 0 Å². The van der Waals surface area contributed by atoms with Crippen LogP contribution in [0.15, 0.2) is 24.3 Å². The summed E-state index contributed by atoms with van der Waals surface area (Å²) in [5.41, 5.74) is 0.747. The van der Waals surface area contributed by atoms with Crippen LogP contribution in [0.25, 0.3) is 0 Å². The molecule has 2 aliphatic rings. The van der Waals surface area contributed by atoms with Gasteiger partial charge in [0.25, 0.3) is 0 Å². The van der Waals surface area contributed by atoms with Crippen molar-refractivity contribution >= 4 is 5.91 Å². The molecule has 1 aliphatic heterocycles. The Morgan fingerprint density at radius 1 is 1.29 bits per heavy atom. The Kier molecular flexibility index (Phi) is 5.54. The summed E-state index contributed by atoms with van der Waals surface area (Å²) >= 11 is 0. The number of hydrogen-bond donors (Lipinski definition) is 2. The molecule has 2 unspecified atom stereocenters. The number of piperidine rings is 1. The Balaban J connectivity index is 1.64. The van der Waals surface area contributed by atoms with Gasteiger partial charge in [0.05, 0.1) is 5.54 Å². The van der Waals surface area contributed by atoms with Gasteiger partial charge in [0.15, 0.2) is 0 Å². The predicted octanol–water partition coefficient (Wildman–Crippen LogP) is 3.74. The number of rotatable bonds is 5. The van der Waals surface area contributed by atoms with E-state index in [1.807, 2.05) is 12.1 Å². The summed E-state index contributed by atoms with van der Waals surface area (Å²) in [6.07, 6.45) is 7.11. The quantitative estimate of drug-likeness (QED) is 0.862. The topological polar surface area (TPSA) is 41.1 Å². The number of hydrogen-bond acceptors (Lipinski definition) is 2. The molecule has 2 N–H and O–H groups in total. The number of carbonyl (C=O) groups is 1.